The lowest BCUT2D eigenvalue weighted by Gasteiger charge is -2.12. The van der Waals surface area contributed by atoms with Gasteiger partial charge in [0, 0.05) is 25.9 Å². The third-order valence-electron chi connectivity index (χ3n) is 2.90. The maximum atomic E-state index is 5.65. The molecule has 0 heterocycles. The SMILES string of the molecule is CCCOc1cccc(CCNC(=NC)NCCSC)c1. The molecule has 0 fully saturated rings. The summed E-state index contributed by atoms with van der Waals surface area (Å²) in [5.41, 5.74) is 1.27. The van der Waals surface area contributed by atoms with Crippen molar-refractivity contribution in [3.63, 3.8) is 0 Å². The van der Waals surface area contributed by atoms with E-state index in [9.17, 15) is 0 Å². The standard InChI is InChI=1S/C16H27N3OS/c1-4-11-20-15-7-5-6-14(13-15)8-9-18-16(17-2)19-10-12-21-3/h5-7,13H,4,8-12H2,1-3H3,(H2,17,18,19). The maximum absolute atomic E-state index is 5.65. The molecule has 0 atom stereocenters. The number of guanidine groups is 1. The van der Waals surface area contributed by atoms with Crippen molar-refractivity contribution < 1.29 is 4.74 Å². The van der Waals surface area contributed by atoms with E-state index in [0.29, 0.717) is 0 Å². The van der Waals surface area contributed by atoms with E-state index >= 15 is 0 Å². The van der Waals surface area contributed by atoms with Crippen molar-refractivity contribution in [2.24, 2.45) is 4.99 Å². The Morgan fingerprint density at radius 2 is 2.10 bits per heavy atom. The first kappa shape index (κ1) is 17.7. The summed E-state index contributed by atoms with van der Waals surface area (Å²) in [6, 6.07) is 8.30. The monoisotopic (exact) mass is 309 g/mol. The highest BCUT2D eigenvalue weighted by Gasteiger charge is 1.99. The Balaban J connectivity index is 2.33. The Bertz CT molecular complexity index is 424. The van der Waals surface area contributed by atoms with E-state index in [0.717, 1.165) is 50.0 Å². The predicted octanol–water partition coefficient (Wildman–Crippen LogP) is 2.55. The van der Waals surface area contributed by atoms with Gasteiger partial charge < -0.3 is 15.4 Å². The number of hydrogen-bond acceptors (Lipinski definition) is 3. The third-order valence-corrected chi connectivity index (χ3v) is 3.51. The van der Waals surface area contributed by atoms with Gasteiger partial charge in [-0.2, -0.15) is 11.8 Å². The number of ether oxygens (including phenoxy) is 1. The van der Waals surface area contributed by atoms with E-state index in [2.05, 4.69) is 40.9 Å². The predicted molar refractivity (Wildman–Crippen MR) is 93.7 cm³/mol. The molecule has 0 unspecified atom stereocenters. The largest absolute Gasteiger partial charge is 0.494 e. The lowest BCUT2D eigenvalue weighted by Crippen LogP contribution is -2.39. The van der Waals surface area contributed by atoms with Crippen molar-refractivity contribution in [3.8, 4) is 5.75 Å². The second-order valence-corrected chi connectivity index (χ2v) is 5.65. The number of nitrogens with one attached hydrogen (secondary N) is 2. The van der Waals surface area contributed by atoms with Crippen LogP contribution in [-0.4, -0.2) is 44.7 Å². The third kappa shape index (κ3) is 7.85. The smallest absolute Gasteiger partial charge is 0.191 e. The molecule has 0 saturated carbocycles. The number of benzene rings is 1. The molecule has 0 aromatic heterocycles. The summed E-state index contributed by atoms with van der Waals surface area (Å²) < 4.78 is 5.65. The first-order chi connectivity index (χ1) is 10.3. The van der Waals surface area contributed by atoms with Gasteiger partial charge >= 0.3 is 0 Å². The summed E-state index contributed by atoms with van der Waals surface area (Å²) in [7, 11) is 1.80. The van der Waals surface area contributed by atoms with E-state index in [1.165, 1.54) is 5.56 Å². The quantitative estimate of drug-likeness (QED) is 0.418. The molecule has 0 aliphatic carbocycles. The average Bonchev–Trinajstić information content (AvgIpc) is 2.52. The zero-order valence-electron chi connectivity index (χ0n) is 13.3. The summed E-state index contributed by atoms with van der Waals surface area (Å²) in [5.74, 6) is 2.90. The zero-order valence-corrected chi connectivity index (χ0v) is 14.1. The molecular formula is C16H27N3OS. The normalized spacial score (nSPS) is 11.3. The Kier molecular flexibility index (Phi) is 9.53. The lowest BCUT2D eigenvalue weighted by molar-refractivity contribution is 0.317. The summed E-state index contributed by atoms with van der Waals surface area (Å²) in [4.78, 5) is 4.21. The number of thioether (sulfide) groups is 1. The van der Waals surface area contributed by atoms with Gasteiger partial charge in [0.15, 0.2) is 5.96 Å². The fourth-order valence-electron chi connectivity index (χ4n) is 1.83. The highest BCUT2D eigenvalue weighted by molar-refractivity contribution is 7.98. The average molecular weight is 309 g/mol. The van der Waals surface area contributed by atoms with Crippen molar-refractivity contribution in [2.75, 3.05) is 38.8 Å². The van der Waals surface area contributed by atoms with Gasteiger partial charge in [-0.25, -0.2) is 0 Å². The molecule has 0 spiro atoms. The van der Waals surface area contributed by atoms with Crippen LogP contribution in [-0.2, 0) is 6.42 Å². The van der Waals surface area contributed by atoms with Gasteiger partial charge in [0.05, 0.1) is 6.61 Å². The van der Waals surface area contributed by atoms with Crippen molar-refractivity contribution in [2.45, 2.75) is 19.8 Å². The molecule has 2 N–H and O–H groups in total. The molecule has 1 rings (SSSR count). The summed E-state index contributed by atoms with van der Waals surface area (Å²) in [5, 5.41) is 6.62. The second kappa shape index (κ2) is 11.3. The molecule has 21 heavy (non-hydrogen) atoms. The maximum Gasteiger partial charge on any atom is 0.191 e. The minimum atomic E-state index is 0.772. The number of aliphatic imine (C=N–C) groups is 1. The Morgan fingerprint density at radius 3 is 2.81 bits per heavy atom. The molecule has 0 aliphatic heterocycles. The fraction of sp³-hybridized carbons (Fsp3) is 0.562. The Labute approximate surface area is 132 Å². The number of hydrogen-bond donors (Lipinski definition) is 2. The molecule has 0 aliphatic rings. The van der Waals surface area contributed by atoms with Crippen LogP contribution in [0.3, 0.4) is 0 Å². The molecule has 5 heteroatoms. The van der Waals surface area contributed by atoms with E-state index in [4.69, 9.17) is 4.74 Å². The molecule has 0 amide bonds. The van der Waals surface area contributed by atoms with E-state index in [1.807, 2.05) is 23.9 Å². The highest BCUT2D eigenvalue weighted by atomic mass is 32.2. The first-order valence-corrected chi connectivity index (χ1v) is 8.84. The first-order valence-electron chi connectivity index (χ1n) is 7.45. The Hall–Kier alpha value is -1.36. The van der Waals surface area contributed by atoms with Crippen LogP contribution in [0.1, 0.15) is 18.9 Å². The van der Waals surface area contributed by atoms with Crippen molar-refractivity contribution in [3.05, 3.63) is 29.8 Å². The molecular weight excluding hydrogens is 282 g/mol. The van der Waals surface area contributed by atoms with E-state index in [1.54, 1.807) is 7.05 Å². The zero-order chi connectivity index (χ0) is 15.3. The molecule has 118 valence electrons. The molecule has 1 aromatic carbocycles. The topological polar surface area (TPSA) is 45.6 Å². The molecule has 0 saturated heterocycles. The lowest BCUT2D eigenvalue weighted by atomic mass is 10.1. The van der Waals surface area contributed by atoms with Crippen LogP contribution in [0.2, 0.25) is 0 Å². The van der Waals surface area contributed by atoms with Gasteiger partial charge in [0.25, 0.3) is 0 Å². The molecule has 0 bridgehead atoms. The van der Waals surface area contributed by atoms with Gasteiger partial charge in [-0.15, -0.1) is 0 Å². The minimum Gasteiger partial charge on any atom is -0.494 e. The van der Waals surface area contributed by atoms with Crippen molar-refractivity contribution >= 4 is 17.7 Å². The van der Waals surface area contributed by atoms with E-state index < -0.39 is 0 Å². The number of nitrogens with zero attached hydrogens (tertiary/aromatic N) is 1. The van der Waals surface area contributed by atoms with Crippen LogP contribution in [0.25, 0.3) is 0 Å². The molecule has 1 aromatic rings. The van der Waals surface area contributed by atoms with E-state index in [-0.39, 0.29) is 0 Å². The van der Waals surface area contributed by atoms with Crippen LogP contribution in [0, 0.1) is 0 Å². The Morgan fingerprint density at radius 1 is 1.29 bits per heavy atom. The van der Waals surface area contributed by atoms with Crippen LogP contribution in [0.4, 0.5) is 0 Å². The van der Waals surface area contributed by atoms with Crippen molar-refractivity contribution in [1.29, 1.82) is 0 Å². The van der Waals surface area contributed by atoms with Gasteiger partial charge in [-0.1, -0.05) is 19.1 Å². The molecule has 0 radical (unpaired) electrons. The van der Waals surface area contributed by atoms with Crippen LogP contribution < -0.4 is 15.4 Å². The van der Waals surface area contributed by atoms with Gasteiger partial charge in [0.1, 0.15) is 5.75 Å². The number of rotatable bonds is 9. The van der Waals surface area contributed by atoms with Gasteiger partial charge in [0.2, 0.25) is 0 Å². The van der Waals surface area contributed by atoms with Crippen LogP contribution >= 0.6 is 11.8 Å². The highest BCUT2D eigenvalue weighted by Crippen LogP contribution is 2.13. The minimum absolute atomic E-state index is 0.772. The summed E-state index contributed by atoms with van der Waals surface area (Å²) in [6.45, 7) is 4.68. The summed E-state index contributed by atoms with van der Waals surface area (Å²) in [6.07, 6.45) is 4.09. The van der Waals surface area contributed by atoms with Gasteiger partial charge in [-0.3, -0.25) is 4.99 Å². The van der Waals surface area contributed by atoms with Gasteiger partial charge in [-0.05, 0) is 36.8 Å². The van der Waals surface area contributed by atoms with Crippen molar-refractivity contribution in [1.82, 2.24) is 10.6 Å². The second-order valence-electron chi connectivity index (χ2n) is 4.66. The fourth-order valence-corrected chi connectivity index (χ4v) is 2.13. The van der Waals surface area contributed by atoms with Crippen LogP contribution in [0.15, 0.2) is 29.3 Å². The summed E-state index contributed by atoms with van der Waals surface area (Å²) >= 11 is 1.82. The van der Waals surface area contributed by atoms with Crippen LogP contribution in [0.5, 0.6) is 5.75 Å². The molecule has 4 nitrogen and oxygen atoms in total.